The quantitative estimate of drug-likeness (QED) is 0.389. The van der Waals surface area contributed by atoms with Crippen LogP contribution in [0, 0.1) is 23.7 Å². The molecule has 1 spiro atoms. The van der Waals surface area contributed by atoms with Gasteiger partial charge in [0.15, 0.2) is 5.60 Å². The zero-order valence-corrected chi connectivity index (χ0v) is 11.8. The van der Waals surface area contributed by atoms with Crippen LogP contribution in [0.15, 0.2) is 0 Å². The molecule has 0 aromatic heterocycles. The van der Waals surface area contributed by atoms with Crippen molar-refractivity contribution >= 4 is 5.97 Å². The molecule has 0 amide bonds. The van der Waals surface area contributed by atoms with Gasteiger partial charge in [0.2, 0.25) is 12.1 Å². The van der Waals surface area contributed by atoms with E-state index >= 15 is 0 Å². The zero-order valence-electron chi connectivity index (χ0n) is 14.8. The fourth-order valence-electron chi connectivity index (χ4n) is 4.51. The van der Waals surface area contributed by atoms with Crippen LogP contribution < -0.4 is 0 Å². The van der Waals surface area contributed by atoms with Crippen molar-refractivity contribution in [2.45, 2.75) is 64.1 Å². The number of fused-ring (bicyclic) bond motifs is 2. The van der Waals surface area contributed by atoms with E-state index in [2.05, 4.69) is 6.92 Å². The summed E-state index contributed by atoms with van der Waals surface area (Å²) in [4.78, 5) is 23.8. The van der Waals surface area contributed by atoms with Gasteiger partial charge >= 0.3 is 5.97 Å². The largest absolute Gasteiger partial charge is 0.432 e. The van der Waals surface area contributed by atoms with E-state index in [1.54, 1.807) is 6.92 Å². The molecule has 5 aliphatic rings. The average molecular weight is 286 g/mol. The predicted octanol–water partition coefficient (Wildman–Crippen LogP) is 2.39. The van der Waals surface area contributed by atoms with Crippen LogP contribution in [0.3, 0.4) is 0 Å². The molecule has 112 valence electrons. The molecule has 5 heteroatoms. The summed E-state index contributed by atoms with van der Waals surface area (Å²) in [6.07, 6.45) is 1.99. The van der Waals surface area contributed by atoms with Crippen LogP contribution in [0.4, 0.5) is 0 Å². The van der Waals surface area contributed by atoms with E-state index < -0.39 is 42.3 Å². The third-order valence-electron chi connectivity index (χ3n) is 5.65. The van der Waals surface area contributed by atoms with Crippen molar-refractivity contribution in [2.24, 2.45) is 23.7 Å². The van der Waals surface area contributed by atoms with Gasteiger partial charge in [-0.15, -0.1) is 0 Å². The Labute approximate surface area is 123 Å². The van der Waals surface area contributed by atoms with E-state index in [4.69, 9.17) is 23.4 Å². The van der Waals surface area contributed by atoms with Gasteiger partial charge in [-0.05, 0) is 32.1 Å². The van der Waals surface area contributed by atoms with Crippen molar-refractivity contribution < 1.29 is 28.2 Å². The molecule has 0 unspecified atom stereocenters. The van der Waals surface area contributed by atoms with E-state index in [1.807, 2.05) is 0 Å². The van der Waals surface area contributed by atoms with Crippen LogP contribution >= 0.6 is 0 Å². The average Bonchev–Trinajstić information content (AvgIpc) is 2.66. The lowest BCUT2D eigenvalue weighted by molar-refractivity contribution is -0.559. The number of hydrogen-bond donors (Lipinski definition) is 0. The molecule has 1 aliphatic carbocycles. The Kier molecular flexibility index (Phi) is 2.01. The molecule has 4 heterocycles. The lowest BCUT2D eigenvalue weighted by atomic mass is 9.59. The van der Waals surface area contributed by atoms with Gasteiger partial charge in [-0.3, -0.25) is 4.79 Å². The van der Waals surface area contributed by atoms with Crippen molar-refractivity contribution in [2.75, 3.05) is 0 Å². The normalized spacial score (nSPS) is 60.6. The molecule has 7 atom stereocenters. The molecule has 0 N–H and O–H groups in total. The molecule has 5 rings (SSSR count). The summed E-state index contributed by atoms with van der Waals surface area (Å²) in [5.74, 6) is -2.96. The lowest BCUT2D eigenvalue weighted by Crippen LogP contribution is -2.69. The van der Waals surface area contributed by atoms with Gasteiger partial charge < -0.3 is 9.47 Å². The molecule has 0 radical (unpaired) electrons. The Hall–Kier alpha value is -0.650. The number of carbonyl (C=O) groups excluding carboxylic acids is 1. The second kappa shape index (κ2) is 3.96. The number of carbonyl (C=O) groups is 1. The molecule has 1 saturated carbocycles. The molecular weight excluding hydrogens is 261 g/mol. The topological polar surface area (TPSA) is 54.0 Å². The van der Waals surface area contributed by atoms with Crippen molar-refractivity contribution in [3.8, 4) is 0 Å². The first-order chi connectivity index (χ1) is 10.7. The smallest absolute Gasteiger partial charge is 0.311 e. The summed E-state index contributed by atoms with van der Waals surface area (Å²) < 4.78 is 34.8. The fraction of sp³-hybridized carbons (Fsp3) is 0.933. The summed E-state index contributed by atoms with van der Waals surface area (Å²) in [6.45, 7) is 1.47. The first-order valence-electron chi connectivity index (χ1n) is 8.92. The maximum Gasteiger partial charge on any atom is 0.311 e. The third-order valence-corrected chi connectivity index (χ3v) is 5.65. The van der Waals surface area contributed by atoms with Gasteiger partial charge in [-0.1, -0.05) is 13.8 Å². The molecule has 2 bridgehead atoms. The first-order valence-corrected chi connectivity index (χ1v) is 7.42. The molecule has 4 saturated heterocycles. The van der Waals surface area contributed by atoms with E-state index in [0.717, 1.165) is 12.8 Å². The fourth-order valence-corrected chi connectivity index (χ4v) is 4.51. The second-order valence-corrected chi connectivity index (χ2v) is 6.82. The molecule has 5 fully saturated rings. The van der Waals surface area contributed by atoms with Gasteiger partial charge in [0.25, 0.3) is 0 Å². The number of hydrogen-bond acceptors (Lipinski definition) is 5. The van der Waals surface area contributed by atoms with Crippen molar-refractivity contribution in [3.05, 3.63) is 0 Å². The summed E-state index contributed by atoms with van der Waals surface area (Å²) >= 11 is 0. The van der Waals surface area contributed by atoms with Crippen LogP contribution in [0.25, 0.3) is 0 Å². The highest BCUT2D eigenvalue weighted by Crippen LogP contribution is 2.59. The number of rotatable bonds is 0. The van der Waals surface area contributed by atoms with E-state index in [-0.39, 0.29) is 5.92 Å². The van der Waals surface area contributed by atoms with Crippen LogP contribution in [0.2, 0.25) is 0 Å². The summed E-state index contributed by atoms with van der Waals surface area (Å²) in [7, 11) is 0. The van der Waals surface area contributed by atoms with Gasteiger partial charge in [0, 0.05) is 22.4 Å². The molecule has 20 heavy (non-hydrogen) atoms. The Morgan fingerprint density at radius 3 is 2.90 bits per heavy atom. The molecule has 5 nitrogen and oxygen atoms in total. The molecule has 0 aromatic rings. The Bertz CT molecular complexity index is 538. The molecular formula is C15H22O5. The monoisotopic (exact) mass is 286 g/mol. The van der Waals surface area contributed by atoms with Crippen LogP contribution in [0.5, 0.6) is 0 Å². The summed E-state index contributed by atoms with van der Waals surface area (Å²) in [5, 5.41) is 0. The number of ether oxygens (including phenoxy) is 2. The Balaban J connectivity index is 1.84. The maximum atomic E-state index is 12.4. The first kappa shape index (κ1) is 10.1. The van der Waals surface area contributed by atoms with Gasteiger partial charge in [-0.25, -0.2) is 9.78 Å². The SMILES string of the molecule is [2H][13C]([2H])([2H])[C@H]1C(=O)O[C@@H]2O[C@@]3(C)CC[C@H]4[C@H](C)CC[C@@H]1[C@@]24OO3. The Morgan fingerprint density at radius 2 is 2.10 bits per heavy atom. The highest BCUT2D eigenvalue weighted by atomic mass is 17.3. The van der Waals surface area contributed by atoms with Crippen molar-refractivity contribution in [1.29, 1.82) is 0 Å². The lowest BCUT2D eigenvalue weighted by Gasteiger charge is -2.57. The predicted molar refractivity (Wildman–Crippen MR) is 68.0 cm³/mol. The van der Waals surface area contributed by atoms with E-state index in [1.165, 1.54) is 0 Å². The van der Waals surface area contributed by atoms with Crippen LogP contribution in [-0.2, 0) is 24.0 Å². The third kappa shape index (κ3) is 1.46. The zero-order chi connectivity index (χ0) is 16.6. The maximum absolute atomic E-state index is 12.4. The van der Waals surface area contributed by atoms with Crippen LogP contribution in [-0.4, -0.2) is 23.6 Å². The molecule has 4 aliphatic heterocycles. The van der Waals surface area contributed by atoms with Gasteiger partial charge in [0.05, 0.1) is 5.92 Å². The molecule has 0 aromatic carbocycles. The van der Waals surface area contributed by atoms with Crippen molar-refractivity contribution in [3.63, 3.8) is 0 Å². The minimum Gasteiger partial charge on any atom is -0.432 e. The second-order valence-electron chi connectivity index (χ2n) is 6.82. The van der Waals surface area contributed by atoms with E-state index in [0.29, 0.717) is 18.8 Å². The summed E-state index contributed by atoms with van der Waals surface area (Å²) in [5.41, 5.74) is -1.01. The number of esters is 1. The Morgan fingerprint density at radius 1 is 1.25 bits per heavy atom. The minimum atomic E-state index is -2.43. The highest BCUT2D eigenvalue weighted by Gasteiger charge is 2.69. The van der Waals surface area contributed by atoms with Gasteiger partial charge in [0.1, 0.15) is 0 Å². The van der Waals surface area contributed by atoms with Crippen LogP contribution in [0.1, 0.15) is 50.5 Å². The highest BCUT2D eigenvalue weighted by molar-refractivity contribution is 5.74. The standard InChI is InChI=1S/C15H22O5/c1-8-4-5-11-9(2)12(16)17-13-15(11)10(8)6-7-14(3,18-13)19-20-15/h8-11,13H,4-7H2,1-3H3/t8-,9-,10+,11+,13-,14-,15-/m1/s1/i2+1D3. The van der Waals surface area contributed by atoms with E-state index in [9.17, 15) is 4.79 Å². The summed E-state index contributed by atoms with van der Waals surface area (Å²) in [6, 6.07) is 0. The van der Waals surface area contributed by atoms with Crippen molar-refractivity contribution in [1.82, 2.24) is 0 Å². The van der Waals surface area contributed by atoms with Gasteiger partial charge in [-0.2, -0.15) is 0 Å². The minimum absolute atomic E-state index is 0.0496.